The summed E-state index contributed by atoms with van der Waals surface area (Å²) < 4.78 is 4.85. The highest BCUT2D eigenvalue weighted by atomic mass is 16.5. The highest BCUT2D eigenvalue weighted by molar-refractivity contribution is 5.93. The maximum Gasteiger partial charge on any atom is 0.269 e. The molecule has 2 rings (SSSR count). The van der Waals surface area contributed by atoms with Gasteiger partial charge in [-0.1, -0.05) is 5.16 Å². The summed E-state index contributed by atoms with van der Waals surface area (Å²) >= 11 is 0. The Kier molecular flexibility index (Phi) is 4.65. The highest BCUT2D eigenvalue weighted by Crippen LogP contribution is 2.07. The smallest absolute Gasteiger partial charge is 0.269 e. The molecule has 0 saturated carbocycles. The molecule has 0 atom stereocenters. The van der Waals surface area contributed by atoms with Gasteiger partial charge < -0.3 is 15.2 Å². The van der Waals surface area contributed by atoms with Crippen LogP contribution in [0.1, 0.15) is 29.1 Å². The van der Waals surface area contributed by atoms with Crippen molar-refractivity contribution < 1.29 is 9.32 Å². The predicted octanol–water partition coefficient (Wildman–Crippen LogP) is 1.18. The lowest BCUT2D eigenvalue weighted by Gasteiger charge is -2.06. The average Bonchev–Trinajstić information content (AvgIpc) is 2.85. The van der Waals surface area contributed by atoms with Crippen molar-refractivity contribution in [2.24, 2.45) is 0 Å². The van der Waals surface area contributed by atoms with E-state index in [0.29, 0.717) is 30.4 Å². The van der Waals surface area contributed by atoms with Crippen molar-refractivity contribution in [1.82, 2.24) is 20.4 Å². The Hall–Kier alpha value is -2.44. The molecule has 2 aromatic heterocycles. The number of pyridine rings is 1. The van der Waals surface area contributed by atoms with Gasteiger partial charge in [0.25, 0.3) is 5.91 Å². The monoisotopic (exact) mass is 275 g/mol. The van der Waals surface area contributed by atoms with Crippen LogP contribution in [0.2, 0.25) is 0 Å². The second-order valence-electron chi connectivity index (χ2n) is 4.20. The van der Waals surface area contributed by atoms with E-state index in [9.17, 15) is 4.79 Å². The Labute approximate surface area is 116 Å². The Morgan fingerprint density at radius 1 is 1.45 bits per heavy atom. The molecule has 0 radical (unpaired) electrons. The minimum atomic E-state index is -0.218. The second kappa shape index (κ2) is 6.65. The van der Waals surface area contributed by atoms with Crippen LogP contribution < -0.4 is 10.6 Å². The molecule has 2 N–H and O–H groups in total. The third-order valence-electron chi connectivity index (χ3n) is 2.58. The first kappa shape index (κ1) is 14.0. The van der Waals surface area contributed by atoms with Crippen LogP contribution in [-0.4, -0.2) is 34.1 Å². The maximum atomic E-state index is 11.9. The summed E-state index contributed by atoms with van der Waals surface area (Å²) in [5.74, 6) is 0.883. The van der Waals surface area contributed by atoms with E-state index in [0.717, 1.165) is 12.2 Å². The molecule has 2 aromatic rings. The van der Waals surface area contributed by atoms with Gasteiger partial charge >= 0.3 is 0 Å². The molecule has 106 valence electrons. The van der Waals surface area contributed by atoms with Crippen LogP contribution in [0.15, 0.2) is 22.9 Å². The van der Waals surface area contributed by atoms with Crippen molar-refractivity contribution in [3.05, 3.63) is 35.7 Å². The zero-order chi connectivity index (χ0) is 14.4. The van der Waals surface area contributed by atoms with E-state index >= 15 is 0 Å². The molecule has 1 amide bonds. The summed E-state index contributed by atoms with van der Waals surface area (Å²) in [6, 6.07) is 3.54. The minimum absolute atomic E-state index is 0.218. The van der Waals surface area contributed by atoms with Crippen molar-refractivity contribution in [3.8, 4) is 0 Å². The molecule has 0 aromatic carbocycles. The van der Waals surface area contributed by atoms with E-state index in [1.807, 2.05) is 13.0 Å². The third-order valence-corrected chi connectivity index (χ3v) is 2.58. The van der Waals surface area contributed by atoms with Gasteiger partial charge in [-0.15, -0.1) is 0 Å². The van der Waals surface area contributed by atoms with Crippen molar-refractivity contribution >= 4 is 11.6 Å². The number of nitrogens with one attached hydrogen (secondary N) is 2. The van der Waals surface area contributed by atoms with Gasteiger partial charge in [0.2, 0.25) is 5.89 Å². The molecular weight excluding hydrogens is 258 g/mol. The zero-order valence-electron chi connectivity index (χ0n) is 11.5. The van der Waals surface area contributed by atoms with E-state index < -0.39 is 0 Å². The van der Waals surface area contributed by atoms with Crippen molar-refractivity contribution in [2.75, 3.05) is 18.4 Å². The fourth-order valence-electron chi connectivity index (χ4n) is 1.69. The van der Waals surface area contributed by atoms with Gasteiger partial charge in [-0.05, 0) is 19.1 Å². The van der Waals surface area contributed by atoms with Crippen LogP contribution in [0.3, 0.4) is 0 Å². The summed E-state index contributed by atoms with van der Waals surface area (Å²) in [6.07, 6.45) is 2.13. The van der Waals surface area contributed by atoms with E-state index in [4.69, 9.17) is 4.52 Å². The molecule has 0 bridgehead atoms. The zero-order valence-corrected chi connectivity index (χ0v) is 11.5. The number of amides is 1. The number of rotatable bonds is 6. The SMILES string of the molecule is CCNc1ccnc(C(=O)NCCc2noc(C)n2)c1. The molecule has 0 saturated heterocycles. The van der Waals surface area contributed by atoms with Crippen LogP contribution in [0.5, 0.6) is 0 Å². The fraction of sp³-hybridized carbons (Fsp3) is 0.385. The Morgan fingerprint density at radius 2 is 2.30 bits per heavy atom. The maximum absolute atomic E-state index is 11.9. The first-order valence-electron chi connectivity index (χ1n) is 6.46. The Morgan fingerprint density at radius 3 is 3.00 bits per heavy atom. The van der Waals surface area contributed by atoms with E-state index in [-0.39, 0.29) is 5.91 Å². The van der Waals surface area contributed by atoms with Gasteiger partial charge in [0.05, 0.1) is 0 Å². The number of anilines is 1. The van der Waals surface area contributed by atoms with E-state index in [1.54, 1.807) is 19.2 Å². The summed E-state index contributed by atoms with van der Waals surface area (Å²) in [5.41, 5.74) is 1.26. The summed E-state index contributed by atoms with van der Waals surface area (Å²) in [6.45, 7) is 4.95. The highest BCUT2D eigenvalue weighted by Gasteiger charge is 2.08. The summed E-state index contributed by atoms with van der Waals surface area (Å²) in [4.78, 5) is 20.0. The fourth-order valence-corrected chi connectivity index (χ4v) is 1.69. The number of hydrogen-bond acceptors (Lipinski definition) is 6. The number of carbonyl (C=O) groups is 1. The lowest BCUT2D eigenvalue weighted by Crippen LogP contribution is -2.26. The molecule has 0 spiro atoms. The number of aryl methyl sites for hydroxylation is 1. The van der Waals surface area contributed by atoms with E-state index in [1.165, 1.54) is 0 Å². The van der Waals surface area contributed by atoms with Crippen molar-refractivity contribution in [3.63, 3.8) is 0 Å². The van der Waals surface area contributed by atoms with Crippen LogP contribution in [0.4, 0.5) is 5.69 Å². The van der Waals surface area contributed by atoms with Crippen molar-refractivity contribution in [2.45, 2.75) is 20.3 Å². The lowest BCUT2D eigenvalue weighted by molar-refractivity contribution is 0.0949. The van der Waals surface area contributed by atoms with Gasteiger partial charge in [0.1, 0.15) is 5.69 Å². The molecule has 0 aliphatic carbocycles. The van der Waals surface area contributed by atoms with Gasteiger partial charge in [0, 0.05) is 38.3 Å². The van der Waals surface area contributed by atoms with Gasteiger partial charge in [-0.2, -0.15) is 4.98 Å². The lowest BCUT2D eigenvalue weighted by atomic mass is 10.3. The molecule has 20 heavy (non-hydrogen) atoms. The largest absolute Gasteiger partial charge is 0.385 e. The molecule has 0 unspecified atom stereocenters. The molecule has 7 nitrogen and oxygen atoms in total. The topological polar surface area (TPSA) is 92.9 Å². The molecule has 0 aliphatic heterocycles. The average molecular weight is 275 g/mol. The molecule has 0 fully saturated rings. The molecule has 7 heteroatoms. The van der Waals surface area contributed by atoms with E-state index in [2.05, 4.69) is 25.8 Å². The summed E-state index contributed by atoms with van der Waals surface area (Å²) in [5, 5.41) is 9.67. The number of hydrogen-bond donors (Lipinski definition) is 2. The molecule has 2 heterocycles. The quantitative estimate of drug-likeness (QED) is 0.822. The number of nitrogens with zero attached hydrogens (tertiary/aromatic N) is 3. The Bertz CT molecular complexity index is 582. The Balaban J connectivity index is 1.86. The van der Waals surface area contributed by atoms with Crippen LogP contribution in [-0.2, 0) is 6.42 Å². The van der Waals surface area contributed by atoms with Gasteiger partial charge in [-0.25, -0.2) is 0 Å². The minimum Gasteiger partial charge on any atom is -0.385 e. The van der Waals surface area contributed by atoms with Crippen LogP contribution >= 0.6 is 0 Å². The summed E-state index contributed by atoms with van der Waals surface area (Å²) in [7, 11) is 0. The normalized spacial score (nSPS) is 10.3. The molecule has 0 aliphatic rings. The second-order valence-corrected chi connectivity index (χ2v) is 4.20. The van der Waals surface area contributed by atoms with Crippen LogP contribution in [0.25, 0.3) is 0 Å². The number of carbonyl (C=O) groups excluding carboxylic acids is 1. The first-order chi connectivity index (χ1) is 9.69. The van der Waals surface area contributed by atoms with Crippen LogP contribution in [0, 0.1) is 6.92 Å². The van der Waals surface area contributed by atoms with Gasteiger partial charge in [-0.3, -0.25) is 9.78 Å². The van der Waals surface area contributed by atoms with Gasteiger partial charge in [0.15, 0.2) is 5.82 Å². The van der Waals surface area contributed by atoms with Crippen molar-refractivity contribution in [1.29, 1.82) is 0 Å². The standard InChI is InChI=1S/C13H17N5O2/c1-3-14-10-4-6-15-11(8-10)13(19)16-7-5-12-17-9(2)20-18-12/h4,6,8H,3,5,7H2,1-2H3,(H,14,15)(H,16,19). The number of aromatic nitrogens is 3. The molecular formula is C13H17N5O2. The third kappa shape index (κ3) is 3.78. The predicted molar refractivity (Wildman–Crippen MR) is 73.5 cm³/mol. The first-order valence-corrected chi connectivity index (χ1v) is 6.46.